The minimum absolute atomic E-state index is 0.222. The lowest BCUT2D eigenvalue weighted by Gasteiger charge is -2.24. The van der Waals surface area contributed by atoms with Gasteiger partial charge in [-0.1, -0.05) is 0 Å². The van der Waals surface area contributed by atoms with Crippen LogP contribution in [-0.4, -0.2) is 43.1 Å². The molecule has 0 aromatic rings. The van der Waals surface area contributed by atoms with Crippen LogP contribution in [0.1, 0.15) is 6.92 Å². The third-order valence-electron chi connectivity index (χ3n) is 1.96. The SMILES string of the molecule is CC1CNC(C(=O)O)CS1(=O)=O. The molecule has 1 rings (SSSR count). The van der Waals surface area contributed by atoms with Crippen molar-refractivity contribution in [1.82, 2.24) is 5.32 Å². The van der Waals surface area contributed by atoms with Crippen molar-refractivity contribution in [2.45, 2.75) is 18.2 Å². The Morgan fingerprint density at radius 3 is 2.58 bits per heavy atom. The van der Waals surface area contributed by atoms with E-state index in [1.165, 1.54) is 0 Å². The standard InChI is InChI=1S/C6H11NO4S/c1-4-2-7-5(6(8)9)3-12(4,10)11/h4-5,7H,2-3H2,1H3,(H,8,9). The Morgan fingerprint density at radius 2 is 2.17 bits per heavy atom. The molecule has 0 saturated carbocycles. The molecule has 6 heteroatoms. The van der Waals surface area contributed by atoms with E-state index in [1.807, 2.05) is 0 Å². The van der Waals surface area contributed by atoms with Gasteiger partial charge in [0.25, 0.3) is 0 Å². The molecule has 70 valence electrons. The van der Waals surface area contributed by atoms with Gasteiger partial charge in [0.05, 0.1) is 11.0 Å². The molecule has 5 nitrogen and oxygen atoms in total. The van der Waals surface area contributed by atoms with Gasteiger partial charge in [0, 0.05) is 6.54 Å². The number of carboxylic acid groups (broad SMARTS) is 1. The number of hydrogen-bond acceptors (Lipinski definition) is 4. The van der Waals surface area contributed by atoms with Gasteiger partial charge < -0.3 is 10.4 Å². The van der Waals surface area contributed by atoms with Crippen LogP contribution in [0.3, 0.4) is 0 Å². The van der Waals surface area contributed by atoms with E-state index in [9.17, 15) is 13.2 Å². The number of rotatable bonds is 1. The number of carboxylic acids is 1. The van der Waals surface area contributed by atoms with Crippen LogP contribution in [0, 0.1) is 0 Å². The van der Waals surface area contributed by atoms with Crippen molar-refractivity contribution in [3.63, 3.8) is 0 Å². The van der Waals surface area contributed by atoms with Crippen LogP contribution in [0.5, 0.6) is 0 Å². The Kier molecular flexibility index (Phi) is 2.39. The van der Waals surface area contributed by atoms with E-state index < -0.39 is 27.1 Å². The second-order valence-corrected chi connectivity index (χ2v) is 5.40. The van der Waals surface area contributed by atoms with Gasteiger partial charge in [0.15, 0.2) is 9.84 Å². The maximum atomic E-state index is 11.2. The van der Waals surface area contributed by atoms with Crippen molar-refractivity contribution >= 4 is 15.8 Å². The van der Waals surface area contributed by atoms with E-state index in [0.717, 1.165) is 0 Å². The van der Waals surface area contributed by atoms with Gasteiger partial charge in [0.1, 0.15) is 6.04 Å². The molecular formula is C6H11NO4S. The van der Waals surface area contributed by atoms with Gasteiger partial charge in [-0.05, 0) is 6.92 Å². The summed E-state index contributed by atoms with van der Waals surface area (Å²) < 4.78 is 22.4. The highest BCUT2D eigenvalue weighted by Gasteiger charge is 2.34. The van der Waals surface area contributed by atoms with Crippen LogP contribution < -0.4 is 5.32 Å². The van der Waals surface area contributed by atoms with Gasteiger partial charge >= 0.3 is 5.97 Å². The molecule has 0 radical (unpaired) electrons. The molecule has 0 aliphatic carbocycles. The molecule has 2 N–H and O–H groups in total. The fourth-order valence-electron chi connectivity index (χ4n) is 1.05. The van der Waals surface area contributed by atoms with Gasteiger partial charge in [-0.3, -0.25) is 4.79 Å². The molecule has 1 saturated heterocycles. The molecule has 1 aliphatic rings. The third kappa shape index (κ3) is 1.75. The molecule has 0 amide bonds. The first kappa shape index (κ1) is 9.47. The highest BCUT2D eigenvalue weighted by Crippen LogP contribution is 2.09. The van der Waals surface area contributed by atoms with Crippen molar-refractivity contribution in [3.8, 4) is 0 Å². The molecule has 2 unspecified atom stereocenters. The Labute approximate surface area is 70.7 Å². The highest BCUT2D eigenvalue weighted by atomic mass is 32.2. The second-order valence-electron chi connectivity index (χ2n) is 2.94. The number of aliphatic carboxylic acids is 1. The quantitative estimate of drug-likeness (QED) is 0.549. The molecule has 2 atom stereocenters. The van der Waals surface area contributed by atoms with E-state index >= 15 is 0 Å². The van der Waals surface area contributed by atoms with Crippen LogP contribution in [-0.2, 0) is 14.6 Å². The molecular weight excluding hydrogens is 182 g/mol. The lowest BCUT2D eigenvalue weighted by atomic mass is 10.3. The lowest BCUT2D eigenvalue weighted by Crippen LogP contribution is -2.52. The minimum Gasteiger partial charge on any atom is -0.480 e. The normalized spacial score (nSPS) is 34.4. The molecule has 0 aromatic carbocycles. The summed E-state index contributed by atoms with van der Waals surface area (Å²) in [6.07, 6.45) is 0. The minimum atomic E-state index is -3.20. The van der Waals surface area contributed by atoms with E-state index in [1.54, 1.807) is 6.92 Å². The third-order valence-corrected chi connectivity index (χ3v) is 4.15. The number of nitrogens with one attached hydrogen (secondary N) is 1. The second kappa shape index (κ2) is 3.02. The summed E-state index contributed by atoms with van der Waals surface area (Å²) >= 11 is 0. The molecule has 0 bridgehead atoms. The average molecular weight is 193 g/mol. The zero-order chi connectivity index (χ0) is 9.35. The fraction of sp³-hybridized carbons (Fsp3) is 0.833. The molecule has 0 aromatic heterocycles. The van der Waals surface area contributed by atoms with Crippen molar-refractivity contribution < 1.29 is 18.3 Å². The predicted molar refractivity (Wildman–Crippen MR) is 42.7 cm³/mol. The smallest absolute Gasteiger partial charge is 0.321 e. The monoisotopic (exact) mass is 193 g/mol. The van der Waals surface area contributed by atoms with Crippen molar-refractivity contribution in [2.75, 3.05) is 12.3 Å². The summed E-state index contributed by atoms with van der Waals surface area (Å²) in [4.78, 5) is 10.4. The van der Waals surface area contributed by atoms with Crippen LogP contribution in [0.2, 0.25) is 0 Å². The van der Waals surface area contributed by atoms with E-state index in [2.05, 4.69) is 5.32 Å². The number of sulfone groups is 1. The predicted octanol–water partition coefficient (Wildman–Crippen LogP) is -1.15. The Bertz CT molecular complexity index is 284. The van der Waals surface area contributed by atoms with Crippen LogP contribution in [0.4, 0.5) is 0 Å². The van der Waals surface area contributed by atoms with Crippen LogP contribution in [0.15, 0.2) is 0 Å². The Morgan fingerprint density at radius 1 is 1.58 bits per heavy atom. The summed E-state index contributed by atoms with van der Waals surface area (Å²) in [5.74, 6) is -1.41. The number of hydrogen-bond donors (Lipinski definition) is 2. The highest BCUT2D eigenvalue weighted by molar-refractivity contribution is 7.92. The zero-order valence-corrected chi connectivity index (χ0v) is 7.47. The Balaban J connectivity index is 2.77. The molecule has 0 spiro atoms. The summed E-state index contributed by atoms with van der Waals surface area (Å²) in [7, 11) is -3.20. The van der Waals surface area contributed by atoms with E-state index in [4.69, 9.17) is 5.11 Å². The summed E-state index contributed by atoms with van der Waals surface area (Å²) in [6.45, 7) is 1.79. The molecule has 12 heavy (non-hydrogen) atoms. The fourth-order valence-corrected chi connectivity index (χ4v) is 2.45. The van der Waals surface area contributed by atoms with Gasteiger partial charge in [-0.25, -0.2) is 8.42 Å². The number of carbonyl (C=O) groups is 1. The first-order chi connectivity index (χ1) is 5.43. The first-order valence-electron chi connectivity index (χ1n) is 3.61. The summed E-state index contributed by atoms with van der Waals surface area (Å²) in [5.41, 5.74) is 0. The van der Waals surface area contributed by atoms with Crippen molar-refractivity contribution in [2.24, 2.45) is 0 Å². The maximum Gasteiger partial charge on any atom is 0.321 e. The maximum absolute atomic E-state index is 11.2. The van der Waals surface area contributed by atoms with E-state index in [-0.39, 0.29) is 12.3 Å². The summed E-state index contributed by atoms with van der Waals surface area (Å²) in [6, 6.07) is -0.939. The van der Waals surface area contributed by atoms with Crippen molar-refractivity contribution in [3.05, 3.63) is 0 Å². The van der Waals surface area contributed by atoms with Gasteiger partial charge in [0.2, 0.25) is 0 Å². The van der Waals surface area contributed by atoms with E-state index in [0.29, 0.717) is 0 Å². The van der Waals surface area contributed by atoms with Crippen LogP contribution in [0.25, 0.3) is 0 Å². The lowest BCUT2D eigenvalue weighted by molar-refractivity contribution is -0.138. The topological polar surface area (TPSA) is 83.5 Å². The average Bonchev–Trinajstić information content (AvgIpc) is 1.94. The molecule has 1 heterocycles. The molecule has 1 aliphatic heterocycles. The molecule has 1 fully saturated rings. The summed E-state index contributed by atoms with van der Waals surface area (Å²) in [5, 5.41) is 10.7. The van der Waals surface area contributed by atoms with Crippen LogP contribution >= 0.6 is 0 Å². The first-order valence-corrected chi connectivity index (χ1v) is 5.33. The van der Waals surface area contributed by atoms with Crippen molar-refractivity contribution in [1.29, 1.82) is 0 Å². The largest absolute Gasteiger partial charge is 0.480 e. The Hall–Kier alpha value is -0.620. The zero-order valence-electron chi connectivity index (χ0n) is 6.65. The van der Waals surface area contributed by atoms with Gasteiger partial charge in [-0.2, -0.15) is 0 Å². The van der Waals surface area contributed by atoms with Gasteiger partial charge in [-0.15, -0.1) is 0 Å².